The van der Waals surface area contributed by atoms with Crippen LogP contribution in [-0.4, -0.2) is 22.9 Å². The maximum absolute atomic E-state index is 5.59. The number of rotatable bonds is 3. The van der Waals surface area contributed by atoms with Crippen molar-refractivity contribution in [2.75, 3.05) is 6.61 Å². The summed E-state index contributed by atoms with van der Waals surface area (Å²) in [7, 11) is 0. The highest BCUT2D eigenvalue weighted by Crippen LogP contribution is 2.33. The van der Waals surface area contributed by atoms with Crippen LogP contribution < -0.4 is 5.73 Å². The number of pyridine rings is 1. The topological polar surface area (TPSA) is 48.1 Å². The number of ether oxygens (including phenoxy) is 1. The Labute approximate surface area is 101 Å². The zero-order valence-electron chi connectivity index (χ0n) is 9.77. The normalized spacial score (nSPS) is 24.9. The van der Waals surface area contributed by atoms with E-state index in [1.807, 2.05) is 18.0 Å². The van der Waals surface area contributed by atoms with E-state index in [0.29, 0.717) is 17.9 Å². The molecule has 88 valence electrons. The van der Waals surface area contributed by atoms with Crippen molar-refractivity contribution in [3.8, 4) is 0 Å². The van der Waals surface area contributed by atoms with Crippen molar-refractivity contribution in [2.45, 2.75) is 43.2 Å². The molecule has 0 aliphatic carbocycles. The average Bonchev–Trinajstić information content (AvgIpc) is 2.67. The SMILES string of the molecule is Cc1cc(CN)cnc1SC1CCOC1C. The van der Waals surface area contributed by atoms with Gasteiger partial charge in [0.2, 0.25) is 0 Å². The van der Waals surface area contributed by atoms with Crippen LogP contribution in [0.15, 0.2) is 17.3 Å². The number of nitrogens with zero attached hydrogens (tertiary/aromatic N) is 1. The third-order valence-electron chi connectivity index (χ3n) is 2.89. The van der Waals surface area contributed by atoms with Crippen molar-refractivity contribution in [1.82, 2.24) is 4.98 Å². The van der Waals surface area contributed by atoms with Gasteiger partial charge in [-0.1, -0.05) is 17.8 Å². The summed E-state index contributed by atoms with van der Waals surface area (Å²) in [5.41, 5.74) is 7.90. The molecule has 1 aromatic heterocycles. The van der Waals surface area contributed by atoms with Gasteiger partial charge in [-0.15, -0.1) is 0 Å². The van der Waals surface area contributed by atoms with Gasteiger partial charge in [0.05, 0.1) is 11.1 Å². The molecule has 2 atom stereocenters. The van der Waals surface area contributed by atoms with Gasteiger partial charge in [0, 0.05) is 24.6 Å². The van der Waals surface area contributed by atoms with E-state index in [9.17, 15) is 0 Å². The van der Waals surface area contributed by atoms with Gasteiger partial charge in [-0.05, 0) is 31.4 Å². The summed E-state index contributed by atoms with van der Waals surface area (Å²) >= 11 is 1.83. The lowest BCUT2D eigenvalue weighted by Crippen LogP contribution is -2.13. The quantitative estimate of drug-likeness (QED) is 0.876. The molecule has 2 heterocycles. The molecule has 1 aromatic rings. The Bertz CT molecular complexity index is 370. The Morgan fingerprint density at radius 2 is 2.44 bits per heavy atom. The standard InChI is InChI=1S/C12H18N2OS/c1-8-5-10(6-13)7-14-12(8)16-11-3-4-15-9(11)2/h5,7,9,11H,3-4,6,13H2,1-2H3. The third kappa shape index (κ3) is 2.56. The Kier molecular flexibility index (Phi) is 3.84. The first kappa shape index (κ1) is 11.9. The number of nitrogens with two attached hydrogens (primary N) is 1. The molecule has 0 saturated carbocycles. The van der Waals surface area contributed by atoms with Crippen molar-refractivity contribution < 1.29 is 4.74 Å². The summed E-state index contributed by atoms with van der Waals surface area (Å²) in [5.74, 6) is 0. The Hall–Kier alpha value is -0.580. The molecule has 16 heavy (non-hydrogen) atoms. The summed E-state index contributed by atoms with van der Waals surface area (Å²) in [6.45, 7) is 5.66. The molecule has 0 radical (unpaired) electrons. The smallest absolute Gasteiger partial charge is 0.0992 e. The fourth-order valence-electron chi connectivity index (χ4n) is 1.87. The number of thioether (sulfide) groups is 1. The summed E-state index contributed by atoms with van der Waals surface area (Å²) in [6, 6.07) is 2.12. The maximum atomic E-state index is 5.59. The average molecular weight is 238 g/mol. The molecule has 1 saturated heterocycles. The monoisotopic (exact) mass is 238 g/mol. The minimum absolute atomic E-state index is 0.334. The summed E-state index contributed by atoms with van der Waals surface area (Å²) in [4.78, 5) is 4.47. The number of hydrogen-bond donors (Lipinski definition) is 1. The van der Waals surface area contributed by atoms with E-state index in [1.165, 1.54) is 5.56 Å². The zero-order chi connectivity index (χ0) is 11.5. The number of aromatic nitrogens is 1. The van der Waals surface area contributed by atoms with Crippen molar-refractivity contribution >= 4 is 11.8 Å². The predicted molar refractivity (Wildman–Crippen MR) is 66.5 cm³/mol. The molecule has 0 aromatic carbocycles. The van der Waals surface area contributed by atoms with Crippen LogP contribution in [0.1, 0.15) is 24.5 Å². The molecule has 0 amide bonds. The van der Waals surface area contributed by atoms with Crippen LogP contribution in [0.25, 0.3) is 0 Å². The number of hydrogen-bond acceptors (Lipinski definition) is 4. The van der Waals surface area contributed by atoms with Crippen molar-refractivity contribution in [3.05, 3.63) is 23.4 Å². The molecule has 3 nitrogen and oxygen atoms in total. The first-order valence-electron chi connectivity index (χ1n) is 5.64. The van der Waals surface area contributed by atoms with Crippen molar-refractivity contribution in [1.29, 1.82) is 0 Å². The van der Waals surface area contributed by atoms with Gasteiger partial charge in [0.15, 0.2) is 0 Å². The minimum Gasteiger partial charge on any atom is -0.377 e. The predicted octanol–water partition coefficient (Wildman–Crippen LogP) is 2.12. The zero-order valence-corrected chi connectivity index (χ0v) is 10.6. The lowest BCUT2D eigenvalue weighted by Gasteiger charge is -2.14. The largest absolute Gasteiger partial charge is 0.377 e. The second kappa shape index (κ2) is 5.17. The highest BCUT2D eigenvalue weighted by atomic mass is 32.2. The first-order chi connectivity index (χ1) is 7.70. The van der Waals surface area contributed by atoms with Crippen LogP contribution in [0.2, 0.25) is 0 Å². The van der Waals surface area contributed by atoms with E-state index in [0.717, 1.165) is 23.6 Å². The van der Waals surface area contributed by atoms with E-state index in [2.05, 4.69) is 24.9 Å². The second-order valence-corrected chi connectivity index (χ2v) is 5.42. The Morgan fingerprint density at radius 3 is 3.00 bits per heavy atom. The second-order valence-electron chi connectivity index (χ2n) is 4.19. The lowest BCUT2D eigenvalue weighted by atomic mass is 10.2. The van der Waals surface area contributed by atoms with Gasteiger partial charge in [-0.3, -0.25) is 0 Å². The van der Waals surface area contributed by atoms with Gasteiger partial charge in [0.25, 0.3) is 0 Å². The molecule has 2 N–H and O–H groups in total. The number of aryl methyl sites for hydroxylation is 1. The molecule has 2 unspecified atom stereocenters. The third-order valence-corrected chi connectivity index (χ3v) is 4.46. The van der Waals surface area contributed by atoms with Crippen LogP contribution in [0.4, 0.5) is 0 Å². The van der Waals surface area contributed by atoms with E-state index >= 15 is 0 Å². The molecule has 1 aliphatic heterocycles. The highest BCUT2D eigenvalue weighted by Gasteiger charge is 2.25. The molecule has 4 heteroatoms. The van der Waals surface area contributed by atoms with Crippen molar-refractivity contribution in [3.63, 3.8) is 0 Å². The molecule has 0 spiro atoms. The van der Waals surface area contributed by atoms with Crippen LogP contribution in [0.3, 0.4) is 0 Å². The molecule has 2 rings (SSSR count). The molecule has 0 bridgehead atoms. The minimum atomic E-state index is 0.334. The Balaban J connectivity index is 2.09. The van der Waals surface area contributed by atoms with Crippen LogP contribution >= 0.6 is 11.8 Å². The summed E-state index contributed by atoms with van der Waals surface area (Å²) in [5, 5.41) is 1.65. The van der Waals surface area contributed by atoms with Gasteiger partial charge in [-0.2, -0.15) is 0 Å². The first-order valence-corrected chi connectivity index (χ1v) is 6.52. The fourth-order valence-corrected chi connectivity index (χ4v) is 3.00. The summed E-state index contributed by atoms with van der Waals surface area (Å²) in [6.07, 6.45) is 3.32. The maximum Gasteiger partial charge on any atom is 0.0992 e. The molecule has 1 fully saturated rings. The Morgan fingerprint density at radius 1 is 1.62 bits per heavy atom. The van der Waals surface area contributed by atoms with E-state index in [-0.39, 0.29) is 0 Å². The van der Waals surface area contributed by atoms with E-state index in [1.54, 1.807) is 0 Å². The van der Waals surface area contributed by atoms with E-state index < -0.39 is 0 Å². The highest BCUT2D eigenvalue weighted by molar-refractivity contribution is 8.00. The fraction of sp³-hybridized carbons (Fsp3) is 0.583. The van der Waals surface area contributed by atoms with Crippen LogP contribution in [-0.2, 0) is 11.3 Å². The van der Waals surface area contributed by atoms with Crippen LogP contribution in [0.5, 0.6) is 0 Å². The van der Waals surface area contributed by atoms with Crippen LogP contribution in [0, 0.1) is 6.92 Å². The summed E-state index contributed by atoms with van der Waals surface area (Å²) < 4.78 is 5.55. The van der Waals surface area contributed by atoms with Gasteiger partial charge in [-0.25, -0.2) is 4.98 Å². The van der Waals surface area contributed by atoms with Gasteiger partial charge >= 0.3 is 0 Å². The molecular weight excluding hydrogens is 220 g/mol. The lowest BCUT2D eigenvalue weighted by molar-refractivity contribution is 0.127. The molecule has 1 aliphatic rings. The van der Waals surface area contributed by atoms with Gasteiger partial charge in [0.1, 0.15) is 0 Å². The molecular formula is C12H18N2OS. The van der Waals surface area contributed by atoms with Crippen molar-refractivity contribution in [2.24, 2.45) is 5.73 Å². The van der Waals surface area contributed by atoms with E-state index in [4.69, 9.17) is 10.5 Å². The van der Waals surface area contributed by atoms with Gasteiger partial charge < -0.3 is 10.5 Å².